The summed E-state index contributed by atoms with van der Waals surface area (Å²) in [4.78, 5) is 25.6. The molecule has 2 aromatic rings. The highest BCUT2D eigenvalue weighted by Gasteiger charge is 2.51. The predicted molar refractivity (Wildman–Crippen MR) is 109 cm³/mol. The van der Waals surface area contributed by atoms with Gasteiger partial charge in [0.2, 0.25) is 5.43 Å². The van der Waals surface area contributed by atoms with Gasteiger partial charge in [-0.3, -0.25) is 4.79 Å². The molecule has 3 aliphatic rings. The number of aromatic nitrogens is 1. The van der Waals surface area contributed by atoms with Crippen LogP contribution in [0.5, 0.6) is 0 Å². The molecule has 2 aliphatic heterocycles. The normalized spacial score (nSPS) is 25.4. The molecule has 162 valence electrons. The average Bonchev–Trinajstić information content (AvgIpc) is 3.34. The van der Waals surface area contributed by atoms with Crippen LogP contribution in [-0.4, -0.2) is 47.5 Å². The number of halogens is 3. The molecular formula is C20H22ClF2N3O4. The quantitative estimate of drug-likeness (QED) is 0.755. The van der Waals surface area contributed by atoms with Crippen LogP contribution in [0.2, 0.25) is 0 Å². The topological polar surface area (TPSA) is 97.8 Å². The molecule has 5 rings (SSSR count). The molecule has 1 aliphatic carbocycles. The number of anilines is 1. The van der Waals surface area contributed by atoms with E-state index in [9.17, 15) is 14.7 Å². The van der Waals surface area contributed by atoms with E-state index in [1.165, 1.54) is 10.8 Å². The van der Waals surface area contributed by atoms with Gasteiger partial charge in [-0.2, -0.15) is 0 Å². The van der Waals surface area contributed by atoms with Crippen LogP contribution in [0.3, 0.4) is 0 Å². The number of ether oxygens (including phenoxy) is 1. The largest absolute Gasteiger partial charge is 0.477 e. The fraction of sp³-hybridized carbons (Fsp3) is 0.500. The number of carboxylic acids is 1. The van der Waals surface area contributed by atoms with Gasteiger partial charge in [0.1, 0.15) is 22.7 Å². The number of hydrogen-bond acceptors (Lipinski definition) is 5. The number of carboxylic acid groups (broad SMARTS) is 1. The van der Waals surface area contributed by atoms with Crippen molar-refractivity contribution in [1.29, 1.82) is 0 Å². The Morgan fingerprint density at radius 2 is 2.07 bits per heavy atom. The van der Waals surface area contributed by atoms with Crippen molar-refractivity contribution in [3.8, 4) is 0 Å². The van der Waals surface area contributed by atoms with Gasteiger partial charge in [0.05, 0.1) is 10.9 Å². The van der Waals surface area contributed by atoms with Gasteiger partial charge in [-0.1, -0.05) is 0 Å². The monoisotopic (exact) mass is 441 g/mol. The third kappa shape index (κ3) is 2.91. The Bertz CT molecular complexity index is 1100. The Hall–Kier alpha value is -2.23. The Morgan fingerprint density at radius 1 is 1.33 bits per heavy atom. The number of aromatic carboxylic acids is 1. The van der Waals surface area contributed by atoms with E-state index in [0.717, 1.165) is 25.3 Å². The summed E-state index contributed by atoms with van der Waals surface area (Å²) in [5.41, 5.74) is 3.68. The lowest BCUT2D eigenvalue weighted by Gasteiger charge is -2.27. The average molecular weight is 442 g/mol. The molecule has 0 amide bonds. The van der Waals surface area contributed by atoms with Crippen molar-refractivity contribution < 1.29 is 23.4 Å². The lowest BCUT2D eigenvalue weighted by atomic mass is 9.91. The molecule has 10 heteroatoms. The summed E-state index contributed by atoms with van der Waals surface area (Å²) in [6, 6.07) is 0.867. The second-order valence-corrected chi connectivity index (χ2v) is 8.22. The number of nitrogens with zero attached hydrogens (tertiary/aromatic N) is 2. The standard InChI is InChI=1S/C20H21F2N3O4.ClH/c21-14-5-12-16(25(11-1-2-11)7-13(18(12)26)19(27)28)15(22)17(14)24-6-10-3-4-29-20(10,8-23)9-24;/h5,7,10-11H,1-4,6,8-9,23H2,(H,27,28);1H/t10-,20?;/m0./s1. The van der Waals surface area contributed by atoms with Gasteiger partial charge >= 0.3 is 5.97 Å². The summed E-state index contributed by atoms with van der Waals surface area (Å²) >= 11 is 0. The molecule has 7 nitrogen and oxygen atoms in total. The summed E-state index contributed by atoms with van der Waals surface area (Å²) in [7, 11) is 0. The van der Waals surface area contributed by atoms with Crippen LogP contribution in [0, 0.1) is 17.6 Å². The van der Waals surface area contributed by atoms with Gasteiger partial charge in [0.15, 0.2) is 5.82 Å². The Kier molecular flexibility index (Phi) is 5.03. The molecule has 1 unspecified atom stereocenters. The summed E-state index contributed by atoms with van der Waals surface area (Å²) in [6.45, 7) is 1.53. The SMILES string of the molecule is Cl.NCC12CN(c3c(F)cc4c(=O)c(C(=O)O)cn(C5CC5)c4c3F)C[C@@H]1CCO2. The lowest BCUT2D eigenvalue weighted by Crippen LogP contribution is -2.44. The van der Waals surface area contributed by atoms with E-state index < -0.39 is 34.2 Å². The smallest absolute Gasteiger partial charge is 0.341 e. The molecule has 0 radical (unpaired) electrons. The number of pyridine rings is 1. The second-order valence-electron chi connectivity index (χ2n) is 8.22. The Morgan fingerprint density at radius 3 is 2.67 bits per heavy atom. The van der Waals surface area contributed by atoms with Crippen LogP contribution in [0.15, 0.2) is 17.1 Å². The van der Waals surface area contributed by atoms with E-state index in [0.29, 0.717) is 13.2 Å². The molecule has 3 heterocycles. The maximum Gasteiger partial charge on any atom is 0.341 e. The first-order valence-electron chi connectivity index (χ1n) is 9.75. The van der Waals surface area contributed by atoms with Crippen LogP contribution in [0.4, 0.5) is 14.5 Å². The third-order valence-electron chi connectivity index (χ3n) is 6.52. The van der Waals surface area contributed by atoms with E-state index in [2.05, 4.69) is 0 Å². The molecule has 3 fully saturated rings. The van der Waals surface area contributed by atoms with Crippen molar-refractivity contribution in [3.05, 3.63) is 39.7 Å². The minimum Gasteiger partial charge on any atom is -0.477 e. The van der Waals surface area contributed by atoms with Gasteiger partial charge in [-0.05, 0) is 25.3 Å². The van der Waals surface area contributed by atoms with Crippen molar-refractivity contribution in [2.24, 2.45) is 11.7 Å². The van der Waals surface area contributed by atoms with Crippen LogP contribution in [-0.2, 0) is 4.74 Å². The lowest BCUT2D eigenvalue weighted by molar-refractivity contribution is 0.0126. The number of hydrogen-bond donors (Lipinski definition) is 2. The zero-order chi connectivity index (χ0) is 20.5. The van der Waals surface area contributed by atoms with E-state index in [-0.39, 0.29) is 54.0 Å². The summed E-state index contributed by atoms with van der Waals surface area (Å²) in [5, 5.41) is 9.08. The first-order chi connectivity index (χ1) is 13.9. The number of nitrogens with two attached hydrogens (primary N) is 1. The third-order valence-corrected chi connectivity index (χ3v) is 6.52. The second kappa shape index (κ2) is 7.18. The van der Waals surface area contributed by atoms with Crippen molar-refractivity contribution >= 4 is 35.0 Å². The molecule has 30 heavy (non-hydrogen) atoms. The van der Waals surface area contributed by atoms with Crippen molar-refractivity contribution in [3.63, 3.8) is 0 Å². The van der Waals surface area contributed by atoms with Crippen molar-refractivity contribution in [1.82, 2.24) is 4.57 Å². The van der Waals surface area contributed by atoms with Crippen molar-refractivity contribution in [2.75, 3.05) is 31.1 Å². The van der Waals surface area contributed by atoms with E-state index in [1.807, 2.05) is 0 Å². The maximum atomic E-state index is 15.7. The summed E-state index contributed by atoms with van der Waals surface area (Å²) in [6.07, 6.45) is 3.45. The minimum atomic E-state index is -1.41. The predicted octanol–water partition coefficient (Wildman–Crippen LogP) is 2.29. The molecule has 3 N–H and O–H groups in total. The summed E-state index contributed by atoms with van der Waals surface area (Å²) < 4.78 is 38.0. The molecule has 0 bridgehead atoms. The molecule has 1 aromatic heterocycles. The molecule has 2 saturated heterocycles. The summed E-state index contributed by atoms with van der Waals surface area (Å²) in [5.74, 6) is -3.05. The fourth-order valence-corrected chi connectivity index (χ4v) is 4.85. The number of carbonyl (C=O) groups is 1. The van der Waals surface area contributed by atoms with E-state index in [1.54, 1.807) is 4.90 Å². The van der Waals surface area contributed by atoms with E-state index >= 15 is 8.78 Å². The minimum absolute atomic E-state index is 0. The fourth-order valence-electron chi connectivity index (χ4n) is 4.85. The highest BCUT2D eigenvalue weighted by Crippen LogP contribution is 2.44. The van der Waals surface area contributed by atoms with Crippen LogP contribution in [0.1, 0.15) is 35.7 Å². The Labute approximate surface area is 176 Å². The first-order valence-corrected chi connectivity index (χ1v) is 9.75. The first kappa shape index (κ1) is 21.0. The van der Waals surface area contributed by atoms with Crippen LogP contribution < -0.4 is 16.1 Å². The molecule has 2 atom stereocenters. The number of benzene rings is 1. The van der Waals surface area contributed by atoms with Gasteiger partial charge in [-0.15, -0.1) is 12.4 Å². The molecular weight excluding hydrogens is 420 g/mol. The highest BCUT2D eigenvalue weighted by atomic mass is 35.5. The zero-order valence-corrected chi connectivity index (χ0v) is 16.9. The highest BCUT2D eigenvalue weighted by molar-refractivity contribution is 5.94. The van der Waals surface area contributed by atoms with Gasteiger partial charge in [-0.25, -0.2) is 13.6 Å². The number of fused-ring (bicyclic) bond motifs is 2. The van der Waals surface area contributed by atoms with Gasteiger partial charge in [0.25, 0.3) is 0 Å². The van der Waals surface area contributed by atoms with Crippen molar-refractivity contribution in [2.45, 2.75) is 30.9 Å². The van der Waals surface area contributed by atoms with Gasteiger partial charge < -0.3 is 25.0 Å². The molecule has 1 saturated carbocycles. The van der Waals surface area contributed by atoms with Crippen LogP contribution in [0.25, 0.3) is 10.9 Å². The van der Waals surface area contributed by atoms with E-state index in [4.69, 9.17) is 10.5 Å². The Balaban J connectivity index is 0.00000218. The number of rotatable bonds is 4. The molecule has 1 aromatic carbocycles. The molecule has 0 spiro atoms. The zero-order valence-electron chi connectivity index (χ0n) is 16.1. The van der Waals surface area contributed by atoms with Gasteiger partial charge in [0, 0.05) is 44.4 Å². The van der Waals surface area contributed by atoms with Crippen LogP contribution >= 0.6 is 12.4 Å². The maximum absolute atomic E-state index is 15.7.